The molecule has 2 rings (SSSR count). The minimum atomic E-state index is 0.145. The van der Waals surface area contributed by atoms with Crippen LogP contribution in [0.1, 0.15) is 39.0 Å². The first-order valence-electron chi connectivity index (χ1n) is 6.93. The summed E-state index contributed by atoms with van der Waals surface area (Å²) in [5.74, 6) is 1.43. The second-order valence-corrected chi connectivity index (χ2v) is 5.51. The highest BCUT2D eigenvalue weighted by Gasteiger charge is 2.20. The molecule has 17 heavy (non-hydrogen) atoms. The zero-order valence-electron chi connectivity index (χ0n) is 10.8. The highest BCUT2D eigenvalue weighted by Crippen LogP contribution is 2.18. The minimum Gasteiger partial charge on any atom is -0.338 e. The molecule has 96 valence electrons. The number of carbonyl (C=O) groups is 1. The zero-order valence-corrected chi connectivity index (χ0v) is 10.8. The summed E-state index contributed by atoms with van der Waals surface area (Å²) in [4.78, 5) is 13.9. The first-order chi connectivity index (χ1) is 8.25. The molecule has 3 heteroatoms. The number of rotatable bonds is 2. The lowest BCUT2D eigenvalue weighted by molar-refractivity contribution is 0.172. The largest absolute Gasteiger partial charge is 0.338 e. The molecular weight excluding hydrogens is 212 g/mol. The predicted octanol–water partition coefficient (Wildman–Crippen LogP) is 2.78. The number of urea groups is 1. The fourth-order valence-corrected chi connectivity index (χ4v) is 2.60. The van der Waals surface area contributed by atoms with Gasteiger partial charge in [0.1, 0.15) is 0 Å². The molecule has 0 aromatic carbocycles. The summed E-state index contributed by atoms with van der Waals surface area (Å²) in [6, 6.07) is 0.145. The van der Waals surface area contributed by atoms with Gasteiger partial charge in [0.05, 0.1) is 0 Å². The van der Waals surface area contributed by atoms with Crippen molar-refractivity contribution in [3.63, 3.8) is 0 Å². The summed E-state index contributed by atoms with van der Waals surface area (Å²) in [5.41, 5.74) is 0. The molecule has 1 heterocycles. The van der Waals surface area contributed by atoms with Gasteiger partial charge in [-0.25, -0.2) is 4.79 Å². The van der Waals surface area contributed by atoms with Crippen LogP contribution in [0.15, 0.2) is 12.2 Å². The van der Waals surface area contributed by atoms with Gasteiger partial charge in [-0.3, -0.25) is 0 Å². The number of nitrogens with zero attached hydrogens (tertiary/aromatic N) is 1. The van der Waals surface area contributed by atoms with E-state index in [-0.39, 0.29) is 6.03 Å². The molecule has 1 fully saturated rings. The van der Waals surface area contributed by atoms with Crippen LogP contribution >= 0.6 is 0 Å². The monoisotopic (exact) mass is 236 g/mol. The van der Waals surface area contributed by atoms with Gasteiger partial charge in [0.2, 0.25) is 0 Å². The van der Waals surface area contributed by atoms with E-state index in [4.69, 9.17) is 0 Å². The fraction of sp³-hybridized carbons (Fsp3) is 0.786. The third-order valence-corrected chi connectivity index (χ3v) is 3.99. The Balaban J connectivity index is 1.68. The normalized spacial score (nSPS) is 25.9. The van der Waals surface area contributed by atoms with Crippen molar-refractivity contribution < 1.29 is 4.79 Å². The van der Waals surface area contributed by atoms with E-state index in [0.717, 1.165) is 44.8 Å². The first kappa shape index (κ1) is 12.5. The maximum Gasteiger partial charge on any atom is 0.317 e. The topological polar surface area (TPSA) is 32.3 Å². The summed E-state index contributed by atoms with van der Waals surface area (Å²) < 4.78 is 0. The predicted molar refractivity (Wildman–Crippen MR) is 69.9 cm³/mol. The van der Waals surface area contributed by atoms with Crippen molar-refractivity contribution in [1.29, 1.82) is 0 Å². The number of nitrogens with one attached hydrogen (secondary N) is 1. The van der Waals surface area contributed by atoms with Gasteiger partial charge < -0.3 is 10.2 Å². The summed E-state index contributed by atoms with van der Waals surface area (Å²) >= 11 is 0. The fourth-order valence-electron chi connectivity index (χ4n) is 2.60. The minimum absolute atomic E-state index is 0.145. The second kappa shape index (κ2) is 6.08. The van der Waals surface area contributed by atoms with E-state index < -0.39 is 0 Å². The molecule has 0 spiro atoms. The van der Waals surface area contributed by atoms with Crippen LogP contribution < -0.4 is 5.32 Å². The van der Waals surface area contributed by atoms with Crippen molar-refractivity contribution in [3.8, 4) is 0 Å². The average molecular weight is 236 g/mol. The molecule has 3 nitrogen and oxygen atoms in total. The molecule has 1 aliphatic carbocycles. The van der Waals surface area contributed by atoms with Crippen molar-refractivity contribution in [3.05, 3.63) is 12.2 Å². The van der Waals surface area contributed by atoms with Gasteiger partial charge in [-0.15, -0.1) is 0 Å². The van der Waals surface area contributed by atoms with Crippen molar-refractivity contribution in [2.45, 2.75) is 39.0 Å². The third kappa shape index (κ3) is 3.76. The number of hydrogen-bond acceptors (Lipinski definition) is 1. The van der Waals surface area contributed by atoms with Crippen LogP contribution in [0.4, 0.5) is 4.79 Å². The van der Waals surface area contributed by atoms with Gasteiger partial charge in [-0.05, 0) is 43.9 Å². The molecule has 1 N–H and O–H groups in total. The van der Waals surface area contributed by atoms with E-state index in [9.17, 15) is 4.79 Å². The van der Waals surface area contributed by atoms with Gasteiger partial charge in [0.25, 0.3) is 0 Å². The summed E-state index contributed by atoms with van der Waals surface area (Å²) in [7, 11) is 0. The van der Waals surface area contributed by atoms with Crippen LogP contribution in [0.25, 0.3) is 0 Å². The van der Waals surface area contributed by atoms with Crippen LogP contribution in [-0.4, -0.2) is 30.6 Å². The number of hydrogen-bond donors (Lipinski definition) is 1. The Bertz CT molecular complexity index is 280. The molecule has 1 atom stereocenters. The highest BCUT2D eigenvalue weighted by molar-refractivity contribution is 5.74. The Hall–Kier alpha value is -0.990. The van der Waals surface area contributed by atoms with Crippen molar-refractivity contribution in [2.24, 2.45) is 11.8 Å². The Morgan fingerprint density at radius 2 is 2.06 bits per heavy atom. The molecule has 0 bridgehead atoms. The van der Waals surface area contributed by atoms with Gasteiger partial charge in [-0.1, -0.05) is 19.1 Å². The van der Waals surface area contributed by atoms with E-state index in [1.807, 2.05) is 4.90 Å². The van der Waals surface area contributed by atoms with E-state index in [0.29, 0.717) is 5.92 Å². The Labute approximate surface area is 104 Å². The van der Waals surface area contributed by atoms with E-state index in [2.05, 4.69) is 24.4 Å². The second-order valence-electron chi connectivity index (χ2n) is 5.51. The summed E-state index contributed by atoms with van der Waals surface area (Å²) in [6.07, 6.45) is 10.3. The van der Waals surface area contributed by atoms with Gasteiger partial charge in [0, 0.05) is 19.6 Å². The standard InChI is InChI=1S/C14H24N2O/c1-12-7-9-16(10-8-12)14(17)15-11-13-5-3-2-4-6-13/h2-3,12-13H,4-11H2,1H3,(H,15,17). The van der Waals surface area contributed by atoms with Crippen LogP contribution in [-0.2, 0) is 0 Å². The quantitative estimate of drug-likeness (QED) is 0.735. The maximum atomic E-state index is 11.9. The van der Waals surface area contributed by atoms with Crippen LogP contribution in [0.5, 0.6) is 0 Å². The lowest BCUT2D eigenvalue weighted by Gasteiger charge is -2.31. The lowest BCUT2D eigenvalue weighted by atomic mass is 9.94. The van der Waals surface area contributed by atoms with Gasteiger partial charge >= 0.3 is 6.03 Å². The third-order valence-electron chi connectivity index (χ3n) is 3.99. The molecular formula is C14H24N2O. The van der Waals surface area contributed by atoms with Crippen LogP contribution in [0, 0.1) is 11.8 Å². The molecule has 0 aromatic rings. The zero-order chi connectivity index (χ0) is 12.1. The summed E-state index contributed by atoms with van der Waals surface area (Å²) in [6.45, 7) is 4.97. The van der Waals surface area contributed by atoms with Gasteiger partial charge in [-0.2, -0.15) is 0 Å². The molecule has 2 amide bonds. The number of carbonyl (C=O) groups excluding carboxylic acids is 1. The Morgan fingerprint density at radius 1 is 1.29 bits per heavy atom. The Kier molecular flexibility index (Phi) is 4.46. The highest BCUT2D eigenvalue weighted by atomic mass is 16.2. The molecule has 2 aliphatic rings. The number of likely N-dealkylation sites (tertiary alicyclic amines) is 1. The Morgan fingerprint density at radius 3 is 2.71 bits per heavy atom. The van der Waals surface area contributed by atoms with E-state index in [1.54, 1.807) is 0 Å². The average Bonchev–Trinajstić information content (AvgIpc) is 2.38. The van der Waals surface area contributed by atoms with Crippen molar-refractivity contribution in [1.82, 2.24) is 10.2 Å². The molecule has 1 saturated heterocycles. The number of allylic oxidation sites excluding steroid dienone is 2. The lowest BCUT2D eigenvalue weighted by Crippen LogP contribution is -2.45. The maximum absolute atomic E-state index is 11.9. The van der Waals surface area contributed by atoms with Gasteiger partial charge in [0.15, 0.2) is 0 Å². The van der Waals surface area contributed by atoms with Crippen molar-refractivity contribution in [2.75, 3.05) is 19.6 Å². The van der Waals surface area contributed by atoms with Crippen LogP contribution in [0.3, 0.4) is 0 Å². The number of amides is 2. The summed E-state index contributed by atoms with van der Waals surface area (Å²) in [5, 5.41) is 3.09. The number of piperidine rings is 1. The first-order valence-corrected chi connectivity index (χ1v) is 6.93. The molecule has 0 radical (unpaired) electrons. The van der Waals surface area contributed by atoms with Crippen LogP contribution in [0.2, 0.25) is 0 Å². The smallest absolute Gasteiger partial charge is 0.317 e. The molecule has 0 aromatic heterocycles. The molecule has 1 aliphatic heterocycles. The van der Waals surface area contributed by atoms with Crippen molar-refractivity contribution >= 4 is 6.03 Å². The van der Waals surface area contributed by atoms with E-state index in [1.165, 1.54) is 12.8 Å². The van der Waals surface area contributed by atoms with E-state index >= 15 is 0 Å². The molecule has 0 saturated carbocycles. The molecule has 1 unspecified atom stereocenters. The SMILES string of the molecule is CC1CCN(C(=O)NCC2CC=CCC2)CC1.